The summed E-state index contributed by atoms with van der Waals surface area (Å²) in [5, 5.41) is 8.82. The summed E-state index contributed by atoms with van der Waals surface area (Å²) in [6, 6.07) is 3.90. The predicted octanol–water partition coefficient (Wildman–Crippen LogP) is 4.34. The number of hydrogen-bond donors (Lipinski definition) is 0. The fourth-order valence-electron chi connectivity index (χ4n) is 2.76. The molecule has 0 atom stereocenters. The van der Waals surface area contributed by atoms with Crippen LogP contribution in [-0.2, 0) is 6.54 Å². The number of pyridine rings is 1. The standard InChI is InChI=1S/C18H21N3O2S/c1-4-5-7-21(10-14-6-8-24-11-14)18(22)15-9-12(2)19-17-16(15)13(3)20-23-17/h6,8-9,11H,4-5,7,10H2,1-3H3. The van der Waals surface area contributed by atoms with Crippen LogP contribution in [-0.4, -0.2) is 27.5 Å². The van der Waals surface area contributed by atoms with E-state index in [-0.39, 0.29) is 5.91 Å². The van der Waals surface area contributed by atoms with Crippen LogP contribution in [0.5, 0.6) is 0 Å². The van der Waals surface area contributed by atoms with Crippen molar-refractivity contribution < 1.29 is 9.32 Å². The molecular weight excluding hydrogens is 322 g/mol. The van der Waals surface area contributed by atoms with Crippen molar-refractivity contribution in [3.05, 3.63) is 45.4 Å². The zero-order valence-electron chi connectivity index (χ0n) is 14.2. The van der Waals surface area contributed by atoms with Crippen LogP contribution in [0.15, 0.2) is 27.4 Å². The summed E-state index contributed by atoms with van der Waals surface area (Å²) in [6.07, 6.45) is 2.02. The Morgan fingerprint density at radius 2 is 2.21 bits per heavy atom. The molecular formula is C18H21N3O2S. The Morgan fingerprint density at radius 3 is 2.92 bits per heavy atom. The van der Waals surface area contributed by atoms with E-state index in [1.54, 1.807) is 11.3 Å². The third-order valence-electron chi connectivity index (χ3n) is 4.00. The van der Waals surface area contributed by atoms with Gasteiger partial charge in [0.05, 0.1) is 16.6 Å². The zero-order chi connectivity index (χ0) is 17.1. The first-order valence-corrected chi connectivity index (χ1v) is 9.08. The molecule has 126 valence electrons. The largest absolute Gasteiger partial charge is 0.336 e. The van der Waals surface area contributed by atoms with Crippen LogP contribution in [0.1, 0.15) is 47.1 Å². The molecule has 6 heteroatoms. The number of fused-ring (bicyclic) bond motifs is 1. The third-order valence-corrected chi connectivity index (χ3v) is 4.73. The second-order valence-corrected chi connectivity index (χ2v) is 6.75. The maximum absolute atomic E-state index is 13.2. The molecule has 3 heterocycles. The van der Waals surface area contributed by atoms with E-state index in [1.807, 2.05) is 30.2 Å². The van der Waals surface area contributed by atoms with Crippen LogP contribution in [0, 0.1) is 13.8 Å². The summed E-state index contributed by atoms with van der Waals surface area (Å²) < 4.78 is 5.26. The first kappa shape index (κ1) is 16.6. The van der Waals surface area contributed by atoms with Crippen LogP contribution in [0.25, 0.3) is 11.1 Å². The Bertz CT molecular complexity index is 839. The summed E-state index contributed by atoms with van der Waals surface area (Å²) in [5.41, 5.74) is 3.68. The Kier molecular flexibility index (Phi) is 4.94. The monoisotopic (exact) mass is 343 g/mol. The molecule has 0 aliphatic heterocycles. The van der Waals surface area contributed by atoms with Crippen molar-refractivity contribution in [2.75, 3.05) is 6.54 Å². The van der Waals surface area contributed by atoms with E-state index in [9.17, 15) is 4.79 Å². The SMILES string of the molecule is CCCCN(Cc1ccsc1)C(=O)c1cc(C)nc2onc(C)c12. The molecule has 0 aromatic carbocycles. The molecule has 0 aliphatic rings. The van der Waals surface area contributed by atoms with Crippen molar-refractivity contribution in [3.63, 3.8) is 0 Å². The number of aryl methyl sites for hydroxylation is 2. The molecule has 5 nitrogen and oxygen atoms in total. The highest BCUT2D eigenvalue weighted by Gasteiger charge is 2.22. The van der Waals surface area contributed by atoms with Crippen molar-refractivity contribution in [2.45, 2.75) is 40.2 Å². The zero-order valence-corrected chi connectivity index (χ0v) is 15.0. The Labute approximate surface area is 145 Å². The van der Waals surface area contributed by atoms with E-state index < -0.39 is 0 Å². The minimum atomic E-state index is 0.0106. The molecule has 3 aromatic heterocycles. The molecule has 0 spiro atoms. The summed E-state index contributed by atoms with van der Waals surface area (Å²) >= 11 is 1.65. The molecule has 0 N–H and O–H groups in total. The number of amides is 1. The van der Waals surface area contributed by atoms with Gasteiger partial charge in [-0.15, -0.1) is 0 Å². The predicted molar refractivity (Wildman–Crippen MR) is 95.2 cm³/mol. The number of nitrogens with zero attached hydrogens (tertiary/aromatic N) is 3. The van der Waals surface area contributed by atoms with Gasteiger partial charge in [-0.2, -0.15) is 11.3 Å². The molecule has 0 unspecified atom stereocenters. The molecule has 0 saturated heterocycles. The van der Waals surface area contributed by atoms with Gasteiger partial charge in [0, 0.05) is 18.8 Å². The van der Waals surface area contributed by atoms with Crippen LogP contribution in [0.3, 0.4) is 0 Å². The molecule has 0 radical (unpaired) electrons. The molecule has 3 rings (SSSR count). The minimum absolute atomic E-state index is 0.0106. The maximum Gasteiger partial charge on any atom is 0.258 e. The fourth-order valence-corrected chi connectivity index (χ4v) is 3.42. The second kappa shape index (κ2) is 7.13. The first-order chi connectivity index (χ1) is 11.6. The average molecular weight is 343 g/mol. The lowest BCUT2D eigenvalue weighted by Gasteiger charge is -2.22. The fraction of sp³-hybridized carbons (Fsp3) is 0.389. The van der Waals surface area contributed by atoms with Gasteiger partial charge < -0.3 is 9.42 Å². The third kappa shape index (κ3) is 3.33. The lowest BCUT2D eigenvalue weighted by molar-refractivity contribution is 0.0742. The van der Waals surface area contributed by atoms with Gasteiger partial charge in [-0.1, -0.05) is 18.5 Å². The van der Waals surface area contributed by atoms with Crippen LogP contribution in [0.2, 0.25) is 0 Å². The van der Waals surface area contributed by atoms with Gasteiger partial charge >= 0.3 is 0 Å². The maximum atomic E-state index is 13.2. The highest BCUT2D eigenvalue weighted by atomic mass is 32.1. The summed E-state index contributed by atoms with van der Waals surface area (Å²) in [5.74, 6) is 0.0106. The van der Waals surface area contributed by atoms with Crippen LogP contribution >= 0.6 is 11.3 Å². The Balaban J connectivity index is 1.98. The van der Waals surface area contributed by atoms with Crippen molar-refractivity contribution in [2.24, 2.45) is 0 Å². The number of rotatable bonds is 6. The topological polar surface area (TPSA) is 59.2 Å². The number of aromatic nitrogens is 2. The van der Waals surface area contributed by atoms with E-state index in [2.05, 4.69) is 28.5 Å². The van der Waals surface area contributed by atoms with E-state index in [1.165, 1.54) is 0 Å². The number of carbonyl (C=O) groups excluding carboxylic acids is 1. The van der Waals surface area contributed by atoms with Crippen molar-refractivity contribution in [1.82, 2.24) is 15.0 Å². The molecule has 0 fully saturated rings. The number of thiophene rings is 1. The molecule has 0 bridgehead atoms. The number of unbranched alkanes of at least 4 members (excludes halogenated alkanes) is 1. The smallest absolute Gasteiger partial charge is 0.258 e. The van der Waals surface area contributed by atoms with Gasteiger partial charge in [-0.3, -0.25) is 4.79 Å². The number of carbonyl (C=O) groups is 1. The van der Waals surface area contributed by atoms with Gasteiger partial charge in [0.2, 0.25) is 0 Å². The van der Waals surface area contributed by atoms with E-state index in [0.717, 1.165) is 36.0 Å². The van der Waals surface area contributed by atoms with Gasteiger partial charge in [0.1, 0.15) is 0 Å². The second-order valence-electron chi connectivity index (χ2n) is 5.97. The van der Waals surface area contributed by atoms with Crippen molar-refractivity contribution in [3.8, 4) is 0 Å². The molecule has 0 saturated carbocycles. The molecule has 0 aliphatic carbocycles. The van der Waals surface area contributed by atoms with E-state index in [0.29, 0.717) is 23.5 Å². The van der Waals surface area contributed by atoms with Gasteiger partial charge in [0.25, 0.3) is 11.6 Å². The molecule has 3 aromatic rings. The Morgan fingerprint density at radius 1 is 1.38 bits per heavy atom. The summed E-state index contributed by atoms with van der Waals surface area (Å²) in [7, 11) is 0. The van der Waals surface area contributed by atoms with Gasteiger partial charge in [0.15, 0.2) is 0 Å². The minimum Gasteiger partial charge on any atom is -0.336 e. The van der Waals surface area contributed by atoms with Crippen molar-refractivity contribution in [1.29, 1.82) is 0 Å². The van der Waals surface area contributed by atoms with Gasteiger partial charge in [-0.25, -0.2) is 4.98 Å². The summed E-state index contributed by atoms with van der Waals surface area (Å²) in [4.78, 5) is 19.5. The van der Waals surface area contributed by atoms with E-state index >= 15 is 0 Å². The lowest BCUT2D eigenvalue weighted by Crippen LogP contribution is -2.31. The van der Waals surface area contributed by atoms with E-state index in [4.69, 9.17) is 4.52 Å². The highest BCUT2D eigenvalue weighted by molar-refractivity contribution is 7.07. The Hall–Kier alpha value is -2.21. The molecule has 1 amide bonds. The lowest BCUT2D eigenvalue weighted by atomic mass is 10.1. The van der Waals surface area contributed by atoms with Crippen LogP contribution in [0.4, 0.5) is 0 Å². The number of hydrogen-bond acceptors (Lipinski definition) is 5. The van der Waals surface area contributed by atoms with Crippen LogP contribution < -0.4 is 0 Å². The average Bonchev–Trinajstić information content (AvgIpc) is 3.20. The summed E-state index contributed by atoms with van der Waals surface area (Å²) in [6.45, 7) is 7.19. The quantitative estimate of drug-likeness (QED) is 0.668. The highest BCUT2D eigenvalue weighted by Crippen LogP contribution is 2.24. The first-order valence-electron chi connectivity index (χ1n) is 8.14. The molecule has 24 heavy (non-hydrogen) atoms. The van der Waals surface area contributed by atoms with Crippen molar-refractivity contribution >= 4 is 28.3 Å². The van der Waals surface area contributed by atoms with Gasteiger partial charge in [-0.05, 0) is 48.7 Å². The normalized spacial score (nSPS) is 11.1.